The number of halogens is 1. The van der Waals surface area contributed by atoms with E-state index in [1.165, 1.54) is 24.3 Å². The average Bonchev–Trinajstić information content (AvgIpc) is 2.52. The Labute approximate surface area is 119 Å². The summed E-state index contributed by atoms with van der Waals surface area (Å²) in [6, 6.07) is 11.7. The minimum atomic E-state index is -0.956. The highest BCUT2D eigenvalue weighted by atomic mass is 19.1. The van der Waals surface area contributed by atoms with Crippen LogP contribution in [0.3, 0.4) is 0 Å². The summed E-state index contributed by atoms with van der Waals surface area (Å²) in [4.78, 5) is 26.9. The number of hydrogen-bond donors (Lipinski definition) is 1. The predicted octanol–water partition coefficient (Wildman–Crippen LogP) is 2.12. The van der Waals surface area contributed by atoms with Crippen LogP contribution in [0.5, 0.6) is 0 Å². The molecule has 0 aromatic heterocycles. The molecule has 2 N–H and O–H groups in total. The Bertz CT molecular complexity index is 714. The molecule has 106 valence electrons. The molecule has 0 heterocycles. The highest BCUT2D eigenvalue weighted by Crippen LogP contribution is 2.09. The fourth-order valence-electron chi connectivity index (χ4n) is 1.59. The van der Waals surface area contributed by atoms with Gasteiger partial charge in [-0.3, -0.25) is 4.79 Å². The zero-order chi connectivity index (χ0) is 15.2. The zero-order valence-electron chi connectivity index (χ0n) is 10.8. The average molecular weight is 286 g/mol. The van der Waals surface area contributed by atoms with E-state index in [9.17, 15) is 14.0 Å². The molecule has 0 radical (unpaired) electrons. The molecule has 0 atom stereocenters. The second-order valence-electron chi connectivity index (χ2n) is 4.08. The van der Waals surface area contributed by atoms with E-state index < -0.39 is 11.8 Å². The van der Waals surface area contributed by atoms with Crippen molar-refractivity contribution in [2.45, 2.75) is 0 Å². The van der Waals surface area contributed by atoms with Crippen molar-refractivity contribution in [1.29, 1.82) is 0 Å². The molecule has 2 aromatic rings. The molecule has 2 rings (SSSR count). The summed E-state index contributed by atoms with van der Waals surface area (Å²) >= 11 is 0. The van der Waals surface area contributed by atoms with Crippen LogP contribution in [0, 0.1) is 5.82 Å². The van der Waals surface area contributed by atoms with Crippen molar-refractivity contribution < 1.29 is 18.8 Å². The van der Waals surface area contributed by atoms with Crippen molar-refractivity contribution in [2.24, 2.45) is 10.9 Å². The van der Waals surface area contributed by atoms with Gasteiger partial charge in [0.15, 0.2) is 5.84 Å². The quantitative estimate of drug-likeness (QED) is 0.307. The lowest BCUT2D eigenvalue weighted by Gasteiger charge is -2.02. The molecule has 0 amide bonds. The Morgan fingerprint density at radius 3 is 2.67 bits per heavy atom. The normalized spacial score (nSPS) is 11.0. The summed E-state index contributed by atoms with van der Waals surface area (Å²) < 4.78 is 13.4. The van der Waals surface area contributed by atoms with Crippen LogP contribution in [0.1, 0.15) is 26.3 Å². The van der Waals surface area contributed by atoms with Gasteiger partial charge in [-0.05, 0) is 18.2 Å². The second kappa shape index (κ2) is 6.42. The number of oxime groups is 1. The van der Waals surface area contributed by atoms with E-state index in [-0.39, 0.29) is 11.4 Å². The van der Waals surface area contributed by atoms with Gasteiger partial charge < -0.3 is 10.6 Å². The number of amidine groups is 1. The standard InChI is InChI=1S/C15H11FN2O3/c16-13-7-2-1-6-12(13)15(20)21-18-14(17)11-5-3-4-10(8-11)9-19/h1-9H,(H2,17,18). The lowest BCUT2D eigenvalue weighted by Crippen LogP contribution is -2.15. The molecule has 0 aliphatic rings. The molecule has 0 unspecified atom stereocenters. The highest BCUT2D eigenvalue weighted by Gasteiger charge is 2.12. The third-order valence-electron chi connectivity index (χ3n) is 2.64. The van der Waals surface area contributed by atoms with Gasteiger partial charge in [-0.25, -0.2) is 9.18 Å². The number of aldehydes is 1. The Kier molecular flexibility index (Phi) is 4.40. The van der Waals surface area contributed by atoms with Crippen LogP contribution in [0.2, 0.25) is 0 Å². The number of nitrogens with two attached hydrogens (primary N) is 1. The van der Waals surface area contributed by atoms with Gasteiger partial charge in [0.05, 0.1) is 5.56 Å². The maximum Gasteiger partial charge on any atom is 0.368 e. The molecule has 21 heavy (non-hydrogen) atoms. The van der Waals surface area contributed by atoms with E-state index in [1.807, 2.05) is 0 Å². The monoisotopic (exact) mass is 286 g/mol. The predicted molar refractivity (Wildman–Crippen MR) is 74.4 cm³/mol. The minimum absolute atomic E-state index is 0.0941. The number of carbonyl (C=O) groups is 2. The summed E-state index contributed by atoms with van der Waals surface area (Å²) in [6.45, 7) is 0. The Balaban J connectivity index is 2.15. The van der Waals surface area contributed by atoms with Crippen LogP contribution >= 0.6 is 0 Å². The lowest BCUT2D eigenvalue weighted by molar-refractivity contribution is 0.0510. The fraction of sp³-hybridized carbons (Fsp3) is 0. The smallest absolute Gasteiger partial charge is 0.368 e. The van der Waals surface area contributed by atoms with Crippen molar-refractivity contribution in [3.05, 3.63) is 71.0 Å². The van der Waals surface area contributed by atoms with Gasteiger partial charge in [0.2, 0.25) is 0 Å². The van der Waals surface area contributed by atoms with Crippen LogP contribution in [-0.2, 0) is 4.84 Å². The first kappa shape index (κ1) is 14.4. The Morgan fingerprint density at radius 1 is 1.19 bits per heavy atom. The summed E-state index contributed by atoms with van der Waals surface area (Å²) in [6.07, 6.45) is 0.655. The van der Waals surface area contributed by atoms with E-state index in [1.54, 1.807) is 18.2 Å². The largest absolute Gasteiger partial charge is 0.380 e. The van der Waals surface area contributed by atoms with Crippen molar-refractivity contribution in [1.82, 2.24) is 0 Å². The van der Waals surface area contributed by atoms with Crippen LogP contribution in [0.25, 0.3) is 0 Å². The topological polar surface area (TPSA) is 81.8 Å². The molecular formula is C15H11FN2O3. The van der Waals surface area contributed by atoms with Gasteiger partial charge in [-0.2, -0.15) is 0 Å². The van der Waals surface area contributed by atoms with Crippen LogP contribution in [0.15, 0.2) is 53.7 Å². The molecule has 6 heteroatoms. The van der Waals surface area contributed by atoms with E-state index in [2.05, 4.69) is 9.99 Å². The first-order valence-electron chi connectivity index (χ1n) is 5.97. The molecule has 0 spiro atoms. The molecule has 0 aliphatic heterocycles. The van der Waals surface area contributed by atoms with Crippen LogP contribution < -0.4 is 5.73 Å². The summed E-state index contributed by atoms with van der Waals surface area (Å²) in [5.41, 5.74) is 6.23. The summed E-state index contributed by atoms with van der Waals surface area (Å²) in [5.74, 6) is -1.76. The van der Waals surface area contributed by atoms with Crippen molar-refractivity contribution in [3.63, 3.8) is 0 Å². The van der Waals surface area contributed by atoms with Gasteiger partial charge in [0, 0.05) is 11.1 Å². The zero-order valence-corrected chi connectivity index (χ0v) is 10.8. The maximum absolute atomic E-state index is 13.4. The highest BCUT2D eigenvalue weighted by molar-refractivity contribution is 5.99. The van der Waals surface area contributed by atoms with Crippen LogP contribution in [0.4, 0.5) is 4.39 Å². The Morgan fingerprint density at radius 2 is 1.95 bits per heavy atom. The Hall–Kier alpha value is -3.02. The molecule has 2 aromatic carbocycles. The number of rotatable bonds is 4. The number of nitrogens with zero attached hydrogens (tertiary/aromatic N) is 1. The van der Waals surface area contributed by atoms with Crippen molar-refractivity contribution >= 4 is 18.1 Å². The van der Waals surface area contributed by atoms with E-state index in [4.69, 9.17) is 5.73 Å². The number of hydrogen-bond acceptors (Lipinski definition) is 4. The maximum atomic E-state index is 13.4. The van der Waals surface area contributed by atoms with Gasteiger partial charge in [-0.15, -0.1) is 0 Å². The fourth-order valence-corrected chi connectivity index (χ4v) is 1.59. The van der Waals surface area contributed by atoms with Gasteiger partial charge >= 0.3 is 5.97 Å². The number of benzene rings is 2. The minimum Gasteiger partial charge on any atom is -0.380 e. The molecule has 0 fully saturated rings. The van der Waals surface area contributed by atoms with Gasteiger partial charge in [0.25, 0.3) is 0 Å². The van der Waals surface area contributed by atoms with Crippen molar-refractivity contribution in [2.75, 3.05) is 0 Å². The SMILES string of the molecule is NC(=NOC(=O)c1ccccc1F)c1cccc(C=O)c1. The lowest BCUT2D eigenvalue weighted by atomic mass is 10.1. The van der Waals surface area contributed by atoms with Crippen molar-refractivity contribution in [3.8, 4) is 0 Å². The van der Waals surface area contributed by atoms with Gasteiger partial charge in [0.1, 0.15) is 12.1 Å². The molecule has 0 saturated carbocycles. The first-order valence-corrected chi connectivity index (χ1v) is 5.97. The molecule has 0 saturated heterocycles. The summed E-state index contributed by atoms with van der Waals surface area (Å²) in [5, 5.41) is 3.45. The first-order chi connectivity index (χ1) is 10.1. The molecule has 0 aliphatic carbocycles. The molecular weight excluding hydrogens is 275 g/mol. The molecule has 5 nitrogen and oxygen atoms in total. The van der Waals surface area contributed by atoms with Crippen LogP contribution in [-0.4, -0.2) is 18.1 Å². The van der Waals surface area contributed by atoms with Gasteiger partial charge in [-0.1, -0.05) is 35.5 Å². The third-order valence-corrected chi connectivity index (χ3v) is 2.64. The van der Waals surface area contributed by atoms with E-state index in [0.717, 1.165) is 6.07 Å². The second-order valence-corrected chi connectivity index (χ2v) is 4.08. The van der Waals surface area contributed by atoms with E-state index >= 15 is 0 Å². The van der Waals surface area contributed by atoms with E-state index in [0.29, 0.717) is 17.4 Å². The summed E-state index contributed by atoms with van der Waals surface area (Å²) in [7, 11) is 0. The number of carbonyl (C=O) groups excluding carboxylic acids is 2. The third kappa shape index (κ3) is 3.50. The molecule has 0 bridgehead atoms.